The fraction of sp³-hybridized carbons (Fsp3) is 0.875. The Labute approximate surface area is 74.0 Å². The van der Waals surface area contributed by atoms with Crippen LogP contribution in [-0.2, 0) is 4.79 Å². The number of aliphatic hydroxyl groups excluding tert-OH is 1. The molecule has 0 heterocycles. The molecule has 1 N–H and O–H groups in total. The zero-order chi connectivity index (χ0) is 10.4. The zero-order valence-electron chi connectivity index (χ0n) is 8.50. The van der Waals surface area contributed by atoms with E-state index in [0.717, 1.165) is 0 Å². The summed E-state index contributed by atoms with van der Waals surface area (Å²) < 4.78 is 0.419. The van der Waals surface area contributed by atoms with Crippen LogP contribution < -0.4 is 5.11 Å². The number of rotatable bonds is 2. The molecule has 0 atom stereocenters. The summed E-state index contributed by atoms with van der Waals surface area (Å²) in [5.74, 6) is -1.00. The van der Waals surface area contributed by atoms with Crippen LogP contribution in [0.5, 0.6) is 0 Å². The van der Waals surface area contributed by atoms with Gasteiger partial charge in [-0.25, -0.2) is 0 Å². The molecule has 0 rings (SSSR count). The molecule has 0 aromatic rings. The molecule has 0 bridgehead atoms. The topological polar surface area (TPSA) is 60.4 Å². The molecule has 0 spiro atoms. The molecule has 0 fully saturated rings. The maximum Gasteiger partial charge on any atom is 0.118 e. The molecule has 0 aliphatic carbocycles. The number of carboxylic acids is 1. The van der Waals surface area contributed by atoms with E-state index in [1.807, 2.05) is 0 Å². The number of nitrogens with zero attached hydrogens (tertiary/aromatic N) is 1. The summed E-state index contributed by atoms with van der Waals surface area (Å²) in [6, 6.07) is 0. The molecule has 0 saturated carbocycles. The lowest BCUT2D eigenvalue weighted by molar-refractivity contribution is -0.864. The van der Waals surface area contributed by atoms with E-state index in [1.54, 1.807) is 35.0 Å². The van der Waals surface area contributed by atoms with Gasteiger partial charge in [-0.1, -0.05) is 0 Å². The van der Waals surface area contributed by atoms with Gasteiger partial charge in [0.1, 0.15) is 6.54 Å². The first-order chi connectivity index (χ1) is 5.15. The molecule has 0 radical (unpaired) electrons. The summed E-state index contributed by atoms with van der Waals surface area (Å²) in [6.45, 7) is 3.51. The smallest absolute Gasteiger partial charge is 0.118 e. The van der Waals surface area contributed by atoms with Crippen LogP contribution in [0.4, 0.5) is 0 Å². The number of carbonyl (C=O) groups excluding carboxylic acids is 1. The van der Waals surface area contributed by atoms with Crippen molar-refractivity contribution < 1.29 is 19.5 Å². The van der Waals surface area contributed by atoms with Gasteiger partial charge in [0.2, 0.25) is 0 Å². The Morgan fingerprint density at radius 3 is 1.67 bits per heavy atom. The standard InChI is InChI=1S/C5H11NO2.C3H8O/c1-6(2,3)4-5(7)8;1-3(2)4/h4H2,1-3H3;3-4H,1-2H3. The molecule has 0 aromatic heterocycles. The average Bonchev–Trinajstić information content (AvgIpc) is 1.52. The Morgan fingerprint density at radius 2 is 1.67 bits per heavy atom. The van der Waals surface area contributed by atoms with Crippen LogP contribution in [0.15, 0.2) is 0 Å². The van der Waals surface area contributed by atoms with E-state index in [-0.39, 0.29) is 12.6 Å². The van der Waals surface area contributed by atoms with Gasteiger partial charge in [-0.05, 0) is 13.8 Å². The molecule has 0 aliphatic rings. The van der Waals surface area contributed by atoms with Crippen molar-refractivity contribution in [3.05, 3.63) is 0 Å². The Hall–Kier alpha value is -0.610. The number of hydrogen-bond donors (Lipinski definition) is 1. The molecule has 0 saturated heterocycles. The average molecular weight is 177 g/mol. The summed E-state index contributed by atoms with van der Waals surface area (Å²) in [6.07, 6.45) is -0.167. The number of aliphatic carboxylic acids is 1. The van der Waals surface area contributed by atoms with Gasteiger partial charge < -0.3 is 19.5 Å². The molecule has 0 aromatic carbocycles. The predicted octanol–water partition coefficient (Wildman–Crippen LogP) is -1.17. The Bertz CT molecular complexity index is 124. The van der Waals surface area contributed by atoms with Gasteiger partial charge in [0.05, 0.1) is 27.1 Å². The minimum Gasteiger partial charge on any atom is -0.544 e. The van der Waals surface area contributed by atoms with Crippen LogP contribution in [0, 0.1) is 0 Å². The third kappa shape index (κ3) is 34.3. The maximum atomic E-state index is 9.89. The fourth-order valence-corrected chi connectivity index (χ4v) is 0.387. The summed E-state index contributed by atoms with van der Waals surface area (Å²) in [7, 11) is 5.40. The monoisotopic (exact) mass is 177 g/mol. The molecule has 0 amide bonds. The number of carbonyl (C=O) groups is 1. The second kappa shape index (κ2) is 5.97. The summed E-state index contributed by atoms with van der Waals surface area (Å²) in [4.78, 5) is 9.89. The third-order valence-electron chi connectivity index (χ3n) is 0.603. The Kier molecular flexibility index (Phi) is 6.94. The lowest BCUT2D eigenvalue weighted by atomic mass is 10.5. The van der Waals surface area contributed by atoms with E-state index in [9.17, 15) is 9.90 Å². The zero-order valence-corrected chi connectivity index (χ0v) is 8.50. The lowest BCUT2D eigenvalue weighted by Gasteiger charge is -2.23. The van der Waals surface area contributed by atoms with Crippen molar-refractivity contribution in [3.63, 3.8) is 0 Å². The molecule has 0 unspecified atom stereocenters. The summed E-state index contributed by atoms with van der Waals surface area (Å²) in [5.41, 5.74) is 0. The van der Waals surface area contributed by atoms with E-state index in [2.05, 4.69) is 0 Å². The van der Waals surface area contributed by atoms with Crippen molar-refractivity contribution in [2.24, 2.45) is 0 Å². The quantitative estimate of drug-likeness (QED) is 0.541. The fourth-order valence-electron chi connectivity index (χ4n) is 0.387. The number of hydrogen-bond acceptors (Lipinski definition) is 3. The van der Waals surface area contributed by atoms with Crippen LogP contribution in [0.25, 0.3) is 0 Å². The third-order valence-corrected chi connectivity index (χ3v) is 0.603. The van der Waals surface area contributed by atoms with Crippen molar-refractivity contribution >= 4 is 5.97 Å². The number of aliphatic hydroxyl groups is 1. The number of carboxylic acid groups (broad SMARTS) is 1. The van der Waals surface area contributed by atoms with E-state index in [4.69, 9.17) is 5.11 Å². The highest BCUT2D eigenvalue weighted by Crippen LogP contribution is 1.84. The van der Waals surface area contributed by atoms with Crippen LogP contribution in [0.1, 0.15) is 13.8 Å². The van der Waals surface area contributed by atoms with Crippen molar-refractivity contribution in [1.82, 2.24) is 0 Å². The van der Waals surface area contributed by atoms with Crippen molar-refractivity contribution in [2.45, 2.75) is 20.0 Å². The molecule has 74 valence electrons. The summed E-state index contributed by atoms with van der Waals surface area (Å²) in [5, 5.41) is 17.9. The Balaban J connectivity index is 0. The first-order valence-corrected chi connectivity index (χ1v) is 3.83. The van der Waals surface area contributed by atoms with Crippen LogP contribution in [0.2, 0.25) is 0 Å². The maximum absolute atomic E-state index is 9.89. The molecule has 4 nitrogen and oxygen atoms in total. The van der Waals surface area contributed by atoms with Gasteiger partial charge in [-0.3, -0.25) is 0 Å². The molecule has 12 heavy (non-hydrogen) atoms. The second-order valence-corrected chi connectivity index (χ2v) is 3.91. The van der Waals surface area contributed by atoms with E-state index < -0.39 is 5.97 Å². The first kappa shape index (κ1) is 13.9. The second-order valence-electron chi connectivity index (χ2n) is 3.91. The van der Waals surface area contributed by atoms with Crippen LogP contribution in [-0.4, -0.2) is 49.4 Å². The highest BCUT2D eigenvalue weighted by Gasteiger charge is 2.04. The first-order valence-electron chi connectivity index (χ1n) is 3.83. The molecule has 4 heteroatoms. The minimum atomic E-state index is -1.00. The largest absolute Gasteiger partial charge is 0.544 e. The SMILES string of the molecule is CC(C)O.C[N+](C)(C)CC(=O)[O-]. The highest BCUT2D eigenvalue weighted by atomic mass is 16.4. The highest BCUT2D eigenvalue weighted by molar-refractivity contribution is 5.65. The van der Waals surface area contributed by atoms with Crippen molar-refractivity contribution in [1.29, 1.82) is 0 Å². The van der Waals surface area contributed by atoms with Crippen LogP contribution >= 0.6 is 0 Å². The Morgan fingerprint density at radius 1 is 1.42 bits per heavy atom. The minimum absolute atomic E-state index is 0.0694. The van der Waals surface area contributed by atoms with Gasteiger partial charge in [0, 0.05) is 6.10 Å². The summed E-state index contributed by atoms with van der Waals surface area (Å²) >= 11 is 0. The van der Waals surface area contributed by atoms with Gasteiger partial charge >= 0.3 is 0 Å². The lowest BCUT2D eigenvalue weighted by Crippen LogP contribution is -2.45. The van der Waals surface area contributed by atoms with Gasteiger partial charge in [-0.15, -0.1) is 0 Å². The van der Waals surface area contributed by atoms with Crippen LogP contribution in [0.3, 0.4) is 0 Å². The molecular weight excluding hydrogens is 158 g/mol. The normalized spacial score (nSPS) is 10.6. The number of quaternary nitrogens is 1. The van der Waals surface area contributed by atoms with Gasteiger partial charge in [-0.2, -0.15) is 0 Å². The number of likely N-dealkylation sites (N-methyl/N-ethyl adjacent to an activating group) is 1. The molecule has 0 aliphatic heterocycles. The van der Waals surface area contributed by atoms with Gasteiger partial charge in [0.25, 0.3) is 0 Å². The van der Waals surface area contributed by atoms with Crippen molar-refractivity contribution in [2.75, 3.05) is 27.7 Å². The molecular formula is C8H19NO3. The van der Waals surface area contributed by atoms with E-state index in [0.29, 0.717) is 4.48 Å². The van der Waals surface area contributed by atoms with E-state index in [1.165, 1.54) is 0 Å². The van der Waals surface area contributed by atoms with Crippen molar-refractivity contribution in [3.8, 4) is 0 Å². The van der Waals surface area contributed by atoms with E-state index >= 15 is 0 Å². The predicted molar refractivity (Wildman–Crippen MR) is 45.3 cm³/mol. The van der Waals surface area contributed by atoms with Gasteiger partial charge in [0.15, 0.2) is 0 Å².